The van der Waals surface area contributed by atoms with E-state index in [2.05, 4.69) is 10.4 Å². The largest absolute Gasteiger partial charge is 0.416 e. The van der Waals surface area contributed by atoms with Crippen LogP contribution < -0.4 is 15.2 Å². The molecule has 0 saturated carbocycles. The molecular weight excluding hydrogens is 535 g/mol. The second-order valence-electron chi connectivity index (χ2n) is 9.24. The standard InChI is InChI=1S/C23H29ClF3N5O4S/c1-30(18-6-4-17(5-7-18)23(25,26)27)37(34,35)31-10-8-19(9-11-31)32-22(33)21(24)20(14-29-32)28-13-16-3-2-12-36-15-16/h4-7,14,16,19,28H,2-3,8-13,15H2,1H3/t16-/m0/s1. The Hall–Kier alpha value is -2.35. The van der Waals surface area contributed by atoms with Crippen LogP contribution in [0.4, 0.5) is 24.5 Å². The molecule has 1 N–H and O–H groups in total. The van der Waals surface area contributed by atoms with Crippen molar-refractivity contribution in [1.29, 1.82) is 0 Å². The van der Waals surface area contributed by atoms with E-state index < -0.39 is 27.5 Å². The number of halogens is 4. The number of nitrogens with one attached hydrogen (secondary N) is 1. The highest BCUT2D eigenvalue weighted by molar-refractivity contribution is 7.90. The average molecular weight is 564 g/mol. The summed E-state index contributed by atoms with van der Waals surface area (Å²) in [7, 11) is -2.69. The van der Waals surface area contributed by atoms with Gasteiger partial charge < -0.3 is 10.1 Å². The number of nitrogens with zero attached hydrogens (tertiary/aromatic N) is 4. The minimum atomic E-state index is -4.51. The lowest BCUT2D eigenvalue weighted by atomic mass is 10.0. The highest BCUT2D eigenvalue weighted by Crippen LogP contribution is 2.32. The Labute approximate surface area is 218 Å². The van der Waals surface area contributed by atoms with E-state index in [1.54, 1.807) is 0 Å². The Bertz CT molecular complexity index is 1240. The molecule has 0 bridgehead atoms. The van der Waals surface area contributed by atoms with Crippen LogP contribution in [0.2, 0.25) is 5.02 Å². The maximum absolute atomic E-state index is 13.1. The number of aromatic nitrogens is 2. The highest BCUT2D eigenvalue weighted by Gasteiger charge is 2.34. The first-order valence-electron chi connectivity index (χ1n) is 12.0. The van der Waals surface area contributed by atoms with Crippen molar-refractivity contribution in [1.82, 2.24) is 14.1 Å². The Kier molecular flexibility index (Phi) is 8.36. The number of anilines is 2. The van der Waals surface area contributed by atoms with E-state index in [1.165, 1.54) is 22.2 Å². The molecule has 1 aromatic carbocycles. The van der Waals surface area contributed by atoms with Crippen LogP contribution in [0.1, 0.15) is 37.3 Å². The van der Waals surface area contributed by atoms with Crippen LogP contribution in [0.3, 0.4) is 0 Å². The molecule has 2 fully saturated rings. The van der Waals surface area contributed by atoms with E-state index >= 15 is 0 Å². The van der Waals surface area contributed by atoms with E-state index in [1.807, 2.05) is 0 Å². The predicted octanol–water partition coefficient (Wildman–Crippen LogP) is 3.77. The summed E-state index contributed by atoms with van der Waals surface area (Å²) < 4.78 is 73.6. The molecule has 0 radical (unpaired) electrons. The zero-order chi connectivity index (χ0) is 26.8. The lowest BCUT2D eigenvalue weighted by Gasteiger charge is -2.34. The second kappa shape index (κ2) is 11.2. The van der Waals surface area contributed by atoms with Crippen LogP contribution in [0, 0.1) is 5.92 Å². The molecule has 3 heterocycles. The minimum Gasteiger partial charge on any atom is -0.382 e. The van der Waals surface area contributed by atoms with E-state index in [-0.39, 0.29) is 29.8 Å². The third kappa shape index (κ3) is 6.21. The summed E-state index contributed by atoms with van der Waals surface area (Å²) in [6.45, 7) is 2.27. The van der Waals surface area contributed by atoms with E-state index in [4.69, 9.17) is 16.3 Å². The zero-order valence-corrected chi connectivity index (χ0v) is 21.8. The van der Waals surface area contributed by atoms with E-state index in [9.17, 15) is 26.4 Å². The molecule has 2 saturated heterocycles. The molecule has 37 heavy (non-hydrogen) atoms. The van der Waals surface area contributed by atoms with Crippen molar-refractivity contribution >= 4 is 33.2 Å². The average Bonchev–Trinajstić information content (AvgIpc) is 2.89. The maximum Gasteiger partial charge on any atom is 0.416 e. The first-order valence-corrected chi connectivity index (χ1v) is 13.8. The van der Waals surface area contributed by atoms with Crippen LogP contribution in [0.5, 0.6) is 0 Å². The van der Waals surface area contributed by atoms with Gasteiger partial charge in [-0.15, -0.1) is 0 Å². The van der Waals surface area contributed by atoms with Crippen molar-refractivity contribution in [2.75, 3.05) is 49.5 Å². The van der Waals surface area contributed by atoms with Crippen LogP contribution in [0.25, 0.3) is 0 Å². The fourth-order valence-electron chi connectivity index (χ4n) is 4.54. The normalized spacial score (nSPS) is 20.1. The summed E-state index contributed by atoms with van der Waals surface area (Å²) in [6.07, 6.45) is -0.315. The number of piperidine rings is 1. The molecule has 1 atom stereocenters. The van der Waals surface area contributed by atoms with Gasteiger partial charge in [-0.1, -0.05) is 11.6 Å². The molecule has 2 aromatic rings. The quantitative estimate of drug-likeness (QED) is 0.551. The van der Waals surface area contributed by atoms with Gasteiger partial charge in [0.25, 0.3) is 5.56 Å². The fraction of sp³-hybridized carbons (Fsp3) is 0.565. The van der Waals surface area contributed by atoms with E-state index in [0.717, 1.165) is 48.0 Å². The number of hydrogen-bond donors (Lipinski definition) is 1. The van der Waals surface area contributed by atoms with Gasteiger partial charge in [-0.25, -0.2) is 4.68 Å². The molecule has 1 aromatic heterocycles. The smallest absolute Gasteiger partial charge is 0.382 e. The molecule has 204 valence electrons. The topological polar surface area (TPSA) is 96.8 Å². The summed E-state index contributed by atoms with van der Waals surface area (Å²) in [5.74, 6) is 0.333. The van der Waals surface area contributed by atoms with Gasteiger partial charge in [-0.2, -0.15) is 31.0 Å². The van der Waals surface area contributed by atoms with Gasteiger partial charge in [0.2, 0.25) is 0 Å². The molecule has 0 aliphatic carbocycles. The summed E-state index contributed by atoms with van der Waals surface area (Å²) in [6, 6.07) is 3.59. The Morgan fingerprint density at radius 1 is 1.19 bits per heavy atom. The van der Waals surface area contributed by atoms with Crippen molar-refractivity contribution in [3.05, 3.63) is 51.4 Å². The molecule has 0 spiro atoms. The maximum atomic E-state index is 13.1. The Balaban J connectivity index is 1.38. The van der Waals surface area contributed by atoms with E-state index in [0.29, 0.717) is 37.6 Å². The third-order valence-electron chi connectivity index (χ3n) is 6.78. The van der Waals surface area contributed by atoms with Crippen LogP contribution in [-0.2, 0) is 21.1 Å². The molecular formula is C23H29ClF3N5O4S. The molecule has 9 nitrogen and oxygen atoms in total. The molecule has 0 unspecified atom stereocenters. The number of alkyl halides is 3. The first kappa shape index (κ1) is 27.7. The molecule has 0 amide bonds. The number of hydrogen-bond acceptors (Lipinski definition) is 6. The monoisotopic (exact) mass is 563 g/mol. The predicted molar refractivity (Wildman–Crippen MR) is 134 cm³/mol. The number of ether oxygens (including phenoxy) is 1. The van der Waals surface area contributed by atoms with Gasteiger partial charge in [-0.05, 0) is 55.9 Å². The molecule has 2 aliphatic rings. The summed E-state index contributed by atoms with van der Waals surface area (Å²) in [5.41, 5.74) is -0.743. The Morgan fingerprint density at radius 2 is 1.86 bits per heavy atom. The lowest BCUT2D eigenvalue weighted by Crippen LogP contribution is -2.47. The third-order valence-corrected chi connectivity index (χ3v) is 9.07. The van der Waals surface area contributed by atoms with Crippen LogP contribution in [0.15, 0.2) is 35.3 Å². The minimum absolute atomic E-state index is 0.0313. The summed E-state index contributed by atoms with van der Waals surface area (Å²) in [4.78, 5) is 12.9. The van der Waals surface area contributed by atoms with Gasteiger partial charge in [0, 0.05) is 33.3 Å². The van der Waals surface area contributed by atoms with Gasteiger partial charge >= 0.3 is 16.4 Å². The van der Waals surface area contributed by atoms with Crippen LogP contribution in [-0.4, -0.2) is 62.4 Å². The van der Waals surface area contributed by atoms with Crippen molar-refractivity contribution in [2.45, 2.75) is 37.9 Å². The number of benzene rings is 1. The van der Waals surface area contributed by atoms with Gasteiger partial charge in [0.05, 0.1) is 35.8 Å². The second-order valence-corrected chi connectivity index (χ2v) is 11.6. The van der Waals surface area contributed by atoms with Crippen molar-refractivity contribution in [2.24, 2.45) is 5.92 Å². The molecule has 2 aliphatic heterocycles. The Morgan fingerprint density at radius 3 is 2.46 bits per heavy atom. The van der Waals surface area contributed by atoms with Crippen molar-refractivity contribution in [3.8, 4) is 0 Å². The molecule has 14 heteroatoms. The highest BCUT2D eigenvalue weighted by atomic mass is 35.5. The summed E-state index contributed by atoms with van der Waals surface area (Å²) >= 11 is 6.33. The van der Waals surface area contributed by atoms with Gasteiger partial charge in [-0.3, -0.25) is 9.10 Å². The fourth-order valence-corrected chi connectivity index (χ4v) is 6.14. The summed E-state index contributed by atoms with van der Waals surface area (Å²) in [5, 5.41) is 7.49. The first-order chi connectivity index (χ1) is 17.5. The zero-order valence-electron chi connectivity index (χ0n) is 20.2. The van der Waals surface area contributed by atoms with Crippen molar-refractivity contribution < 1.29 is 26.3 Å². The van der Waals surface area contributed by atoms with Gasteiger partial charge in [0.1, 0.15) is 5.02 Å². The van der Waals surface area contributed by atoms with Crippen LogP contribution >= 0.6 is 11.6 Å². The van der Waals surface area contributed by atoms with Crippen molar-refractivity contribution in [3.63, 3.8) is 0 Å². The number of rotatable bonds is 7. The SMILES string of the molecule is CN(c1ccc(C(F)(F)F)cc1)S(=O)(=O)N1CCC(n2ncc(NC[C@@H]3CCCOC3)c(Cl)c2=O)CC1. The van der Waals surface area contributed by atoms with Gasteiger partial charge in [0.15, 0.2) is 0 Å². The molecule has 4 rings (SSSR count). The lowest BCUT2D eigenvalue weighted by molar-refractivity contribution is -0.137.